The van der Waals surface area contributed by atoms with Gasteiger partial charge in [-0.1, -0.05) is 15.9 Å². The van der Waals surface area contributed by atoms with Crippen molar-refractivity contribution in [2.45, 2.75) is 13.0 Å². The molecule has 0 heterocycles. The van der Waals surface area contributed by atoms with Crippen LogP contribution in [-0.4, -0.2) is 5.11 Å². The number of nitrogens with zero attached hydrogens (tertiary/aromatic N) is 1. The number of hydrogen-bond donors (Lipinski definition) is 1. The van der Waals surface area contributed by atoms with E-state index in [9.17, 15) is 5.11 Å². The van der Waals surface area contributed by atoms with E-state index in [1.54, 1.807) is 25.1 Å². The van der Waals surface area contributed by atoms with Crippen molar-refractivity contribution in [1.82, 2.24) is 0 Å². The molecule has 1 N–H and O–H groups in total. The molecule has 1 rings (SSSR count). The molecule has 62 valence electrons. The van der Waals surface area contributed by atoms with Crippen molar-refractivity contribution in [2.75, 3.05) is 0 Å². The minimum Gasteiger partial charge on any atom is -0.389 e. The van der Waals surface area contributed by atoms with Gasteiger partial charge in [-0.15, -0.1) is 0 Å². The average molecular weight is 226 g/mol. The van der Waals surface area contributed by atoms with E-state index >= 15 is 0 Å². The van der Waals surface area contributed by atoms with Gasteiger partial charge in [0.15, 0.2) is 0 Å². The topological polar surface area (TPSA) is 44.0 Å². The molecule has 0 aliphatic heterocycles. The van der Waals surface area contributed by atoms with Crippen LogP contribution >= 0.6 is 15.9 Å². The van der Waals surface area contributed by atoms with Crippen molar-refractivity contribution in [2.24, 2.45) is 0 Å². The number of benzene rings is 1. The molecule has 0 bridgehead atoms. The van der Waals surface area contributed by atoms with E-state index in [4.69, 9.17) is 5.26 Å². The van der Waals surface area contributed by atoms with Gasteiger partial charge in [0.05, 0.1) is 17.7 Å². The molecule has 0 aliphatic carbocycles. The van der Waals surface area contributed by atoms with Crippen molar-refractivity contribution in [1.29, 1.82) is 5.26 Å². The van der Waals surface area contributed by atoms with Gasteiger partial charge in [0.2, 0.25) is 0 Å². The molecule has 0 radical (unpaired) electrons. The lowest BCUT2D eigenvalue weighted by molar-refractivity contribution is 0.198. The van der Waals surface area contributed by atoms with Crippen LogP contribution in [0.15, 0.2) is 22.7 Å². The number of halogens is 1. The third-order valence-electron chi connectivity index (χ3n) is 1.58. The molecule has 1 aromatic rings. The predicted molar refractivity (Wildman–Crippen MR) is 49.5 cm³/mol. The normalized spacial score (nSPS) is 12.2. The highest BCUT2D eigenvalue weighted by Crippen LogP contribution is 2.23. The number of aliphatic hydroxyl groups excluding tert-OH is 1. The Bertz CT molecular complexity index is 328. The van der Waals surface area contributed by atoms with E-state index in [1.807, 2.05) is 6.07 Å². The van der Waals surface area contributed by atoms with Gasteiger partial charge in [0.25, 0.3) is 0 Å². The number of aliphatic hydroxyl groups is 1. The largest absolute Gasteiger partial charge is 0.389 e. The Morgan fingerprint density at radius 1 is 1.58 bits per heavy atom. The van der Waals surface area contributed by atoms with Gasteiger partial charge in [-0.25, -0.2) is 0 Å². The standard InChI is InChI=1S/C9H8BrNO/c1-6(12)8-4-7(5-11)2-3-9(8)10/h2-4,6,12H,1H3/t6-/m0/s1. The maximum absolute atomic E-state index is 9.29. The lowest BCUT2D eigenvalue weighted by Gasteiger charge is -2.06. The highest BCUT2D eigenvalue weighted by atomic mass is 79.9. The minimum atomic E-state index is -0.548. The van der Waals surface area contributed by atoms with Gasteiger partial charge in [0, 0.05) is 4.47 Å². The first-order valence-electron chi connectivity index (χ1n) is 3.52. The monoisotopic (exact) mass is 225 g/mol. The first-order valence-corrected chi connectivity index (χ1v) is 4.32. The van der Waals surface area contributed by atoms with Crippen molar-refractivity contribution < 1.29 is 5.11 Å². The van der Waals surface area contributed by atoms with E-state index in [0.29, 0.717) is 5.56 Å². The second-order valence-corrected chi connectivity index (χ2v) is 3.38. The second kappa shape index (κ2) is 3.70. The average Bonchev–Trinajstić information content (AvgIpc) is 2.05. The summed E-state index contributed by atoms with van der Waals surface area (Å²) >= 11 is 3.29. The SMILES string of the molecule is C[C@H](O)c1cc(C#N)ccc1Br. The van der Waals surface area contributed by atoms with E-state index in [2.05, 4.69) is 15.9 Å². The molecule has 0 amide bonds. The molecule has 1 atom stereocenters. The zero-order valence-electron chi connectivity index (χ0n) is 6.58. The third-order valence-corrected chi connectivity index (χ3v) is 2.30. The van der Waals surface area contributed by atoms with Crippen LogP contribution in [0, 0.1) is 11.3 Å². The fourth-order valence-corrected chi connectivity index (χ4v) is 1.51. The quantitative estimate of drug-likeness (QED) is 0.798. The van der Waals surface area contributed by atoms with Crippen LogP contribution in [0.25, 0.3) is 0 Å². The first kappa shape index (κ1) is 9.24. The Labute approximate surface area is 79.6 Å². The Balaban J connectivity index is 3.19. The van der Waals surface area contributed by atoms with Gasteiger partial charge in [-0.2, -0.15) is 5.26 Å². The Morgan fingerprint density at radius 3 is 2.75 bits per heavy atom. The lowest BCUT2D eigenvalue weighted by Crippen LogP contribution is -1.93. The van der Waals surface area contributed by atoms with Crippen LogP contribution in [0.4, 0.5) is 0 Å². The number of rotatable bonds is 1. The van der Waals surface area contributed by atoms with Crippen molar-refractivity contribution in [3.63, 3.8) is 0 Å². The van der Waals surface area contributed by atoms with Crippen LogP contribution in [0.3, 0.4) is 0 Å². The zero-order chi connectivity index (χ0) is 9.14. The summed E-state index contributed by atoms with van der Waals surface area (Å²) < 4.78 is 0.830. The summed E-state index contributed by atoms with van der Waals surface area (Å²) in [6.45, 7) is 1.67. The molecule has 2 nitrogen and oxygen atoms in total. The highest BCUT2D eigenvalue weighted by Gasteiger charge is 2.06. The molecule has 0 saturated carbocycles. The van der Waals surface area contributed by atoms with Gasteiger partial charge in [-0.05, 0) is 30.7 Å². The van der Waals surface area contributed by atoms with Crippen LogP contribution in [-0.2, 0) is 0 Å². The highest BCUT2D eigenvalue weighted by molar-refractivity contribution is 9.10. The van der Waals surface area contributed by atoms with Gasteiger partial charge in [-0.3, -0.25) is 0 Å². The van der Waals surface area contributed by atoms with Crippen molar-refractivity contribution in [3.8, 4) is 6.07 Å². The third kappa shape index (κ3) is 1.84. The molecule has 0 saturated heterocycles. The predicted octanol–water partition coefficient (Wildman–Crippen LogP) is 2.37. The first-order chi connectivity index (χ1) is 5.65. The number of nitriles is 1. The summed E-state index contributed by atoms with van der Waals surface area (Å²) in [5.41, 5.74) is 1.31. The molecule has 0 aromatic heterocycles. The minimum absolute atomic E-state index is 0.548. The zero-order valence-corrected chi connectivity index (χ0v) is 8.17. The van der Waals surface area contributed by atoms with Crippen LogP contribution in [0.1, 0.15) is 24.2 Å². The summed E-state index contributed by atoms with van der Waals surface area (Å²) in [6, 6.07) is 7.16. The smallest absolute Gasteiger partial charge is 0.0991 e. The molecular formula is C9H8BrNO. The van der Waals surface area contributed by atoms with Crippen LogP contribution < -0.4 is 0 Å². The van der Waals surface area contributed by atoms with Gasteiger partial charge < -0.3 is 5.11 Å². The maximum atomic E-state index is 9.29. The van der Waals surface area contributed by atoms with E-state index in [-0.39, 0.29) is 0 Å². The Hall–Kier alpha value is -0.850. The summed E-state index contributed by atoms with van der Waals surface area (Å²) in [7, 11) is 0. The van der Waals surface area contributed by atoms with Crippen LogP contribution in [0.2, 0.25) is 0 Å². The molecule has 0 fully saturated rings. The second-order valence-electron chi connectivity index (χ2n) is 2.52. The maximum Gasteiger partial charge on any atom is 0.0991 e. The summed E-state index contributed by atoms with van der Waals surface area (Å²) in [4.78, 5) is 0. The molecule has 0 spiro atoms. The van der Waals surface area contributed by atoms with Gasteiger partial charge >= 0.3 is 0 Å². The molecule has 12 heavy (non-hydrogen) atoms. The molecule has 0 unspecified atom stereocenters. The summed E-state index contributed by atoms with van der Waals surface area (Å²) in [5, 5.41) is 17.9. The van der Waals surface area contributed by atoms with E-state index in [0.717, 1.165) is 10.0 Å². The summed E-state index contributed by atoms with van der Waals surface area (Å²) in [5.74, 6) is 0. The molecule has 0 aliphatic rings. The Morgan fingerprint density at radius 2 is 2.25 bits per heavy atom. The molecular weight excluding hydrogens is 218 g/mol. The van der Waals surface area contributed by atoms with Crippen molar-refractivity contribution >= 4 is 15.9 Å². The fraction of sp³-hybridized carbons (Fsp3) is 0.222. The van der Waals surface area contributed by atoms with E-state index in [1.165, 1.54) is 0 Å². The Kier molecular flexibility index (Phi) is 2.85. The van der Waals surface area contributed by atoms with Gasteiger partial charge in [0.1, 0.15) is 0 Å². The van der Waals surface area contributed by atoms with E-state index < -0.39 is 6.10 Å². The summed E-state index contributed by atoms with van der Waals surface area (Å²) in [6.07, 6.45) is -0.548. The lowest BCUT2D eigenvalue weighted by atomic mass is 10.1. The molecule has 1 aromatic carbocycles. The number of hydrogen-bond acceptors (Lipinski definition) is 2. The molecule has 3 heteroatoms. The van der Waals surface area contributed by atoms with Crippen molar-refractivity contribution in [3.05, 3.63) is 33.8 Å². The fourth-order valence-electron chi connectivity index (χ4n) is 0.933. The van der Waals surface area contributed by atoms with Crippen LogP contribution in [0.5, 0.6) is 0 Å².